The van der Waals surface area contributed by atoms with Crippen LogP contribution in [0.2, 0.25) is 0 Å². The maximum absolute atomic E-state index is 14.5. The molecular formula is C17H24FN3O3S2. The summed E-state index contributed by atoms with van der Waals surface area (Å²) >= 11 is -0.284. The number of nitro benzene ring substituents is 1. The van der Waals surface area contributed by atoms with Crippen molar-refractivity contribution in [2.24, 2.45) is 0 Å². The number of benzene rings is 1. The smallest absolute Gasteiger partial charge is 0.269 e. The number of hydrogen-bond acceptors (Lipinski definition) is 6. The molecule has 0 aliphatic rings. The Balaban J connectivity index is 3.38. The second kappa shape index (κ2) is 8.13. The Bertz CT molecular complexity index is 716. The van der Waals surface area contributed by atoms with E-state index >= 15 is 0 Å². The molecule has 0 spiro atoms. The molecule has 0 saturated carbocycles. The van der Waals surface area contributed by atoms with Crippen LogP contribution >= 0.6 is 11.8 Å². The Morgan fingerprint density at radius 1 is 1.31 bits per heavy atom. The van der Waals surface area contributed by atoms with Crippen molar-refractivity contribution < 1.29 is 13.9 Å². The van der Waals surface area contributed by atoms with Gasteiger partial charge in [0, 0.05) is 34.8 Å². The average Bonchev–Trinajstić information content (AvgIpc) is 2.52. The van der Waals surface area contributed by atoms with Crippen LogP contribution in [0.15, 0.2) is 18.2 Å². The van der Waals surface area contributed by atoms with E-state index in [1.165, 1.54) is 11.8 Å². The Labute approximate surface area is 161 Å². The van der Waals surface area contributed by atoms with E-state index in [2.05, 4.69) is 10.8 Å². The molecule has 0 heterocycles. The lowest BCUT2D eigenvalue weighted by molar-refractivity contribution is -0.385. The van der Waals surface area contributed by atoms with Gasteiger partial charge >= 0.3 is 0 Å². The van der Waals surface area contributed by atoms with Crippen LogP contribution in [0.3, 0.4) is 0 Å². The molecule has 9 heteroatoms. The number of nitrogens with zero attached hydrogens (tertiary/aromatic N) is 2. The number of nitrogens with one attached hydrogen (secondary N) is 1. The van der Waals surface area contributed by atoms with Crippen molar-refractivity contribution in [1.29, 1.82) is 5.26 Å². The SMILES string of the molecule is CC(C)(C#N)SC[C@](C)(N[S+]([O-])C(C)(C)C)c1cc([N+](=O)[O-])ccc1F. The van der Waals surface area contributed by atoms with Crippen molar-refractivity contribution >= 4 is 28.8 Å². The van der Waals surface area contributed by atoms with Gasteiger partial charge in [-0.3, -0.25) is 10.1 Å². The van der Waals surface area contributed by atoms with Gasteiger partial charge in [0.1, 0.15) is 10.6 Å². The molecule has 144 valence electrons. The van der Waals surface area contributed by atoms with Crippen LogP contribution in [0, 0.1) is 27.3 Å². The third-order valence-electron chi connectivity index (χ3n) is 3.62. The zero-order chi connectivity index (χ0) is 20.3. The number of nitro groups is 1. The summed E-state index contributed by atoms with van der Waals surface area (Å²) in [5.74, 6) is -0.431. The summed E-state index contributed by atoms with van der Waals surface area (Å²) in [6.45, 7) is 10.4. The first-order chi connectivity index (χ1) is 11.7. The molecule has 1 aromatic rings. The lowest BCUT2D eigenvalue weighted by atomic mass is 9.94. The standard InChI is InChI=1S/C17H24FN3O3S2/c1-15(2,3)26(24)20-17(6,11-25-16(4,5)10-19)13-9-12(21(22)23)7-8-14(13)18/h7-9,20H,11H2,1-6H3/t17-,26?/m0/s1. The fourth-order valence-corrected chi connectivity index (χ4v) is 3.86. The van der Waals surface area contributed by atoms with Crippen LogP contribution in [0.4, 0.5) is 10.1 Å². The first-order valence-corrected chi connectivity index (χ1v) is 10.0. The molecule has 0 aliphatic carbocycles. The summed E-state index contributed by atoms with van der Waals surface area (Å²) < 4.78 is 28.8. The predicted octanol–water partition coefficient (Wildman–Crippen LogP) is 4.04. The molecule has 26 heavy (non-hydrogen) atoms. The van der Waals surface area contributed by atoms with E-state index in [1.54, 1.807) is 41.5 Å². The highest BCUT2D eigenvalue weighted by molar-refractivity contribution is 8.01. The molecule has 1 rings (SSSR count). The predicted molar refractivity (Wildman–Crippen MR) is 104 cm³/mol. The van der Waals surface area contributed by atoms with Crippen molar-refractivity contribution in [3.8, 4) is 6.07 Å². The molecule has 1 N–H and O–H groups in total. The van der Waals surface area contributed by atoms with Gasteiger partial charge in [0.15, 0.2) is 0 Å². The largest absolute Gasteiger partial charge is 0.598 e. The van der Waals surface area contributed by atoms with Gasteiger partial charge in [-0.05, 0) is 47.6 Å². The molecule has 0 aromatic heterocycles. The molecular weight excluding hydrogens is 377 g/mol. The van der Waals surface area contributed by atoms with Gasteiger partial charge in [-0.15, -0.1) is 16.5 Å². The second-order valence-electron chi connectivity index (χ2n) is 7.65. The van der Waals surface area contributed by atoms with Crippen molar-refractivity contribution in [3.63, 3.8) is 0 Å². The minimum Gasteiger partial charge on any atom is -0.598 e. The van der Waals surface area contributed by atoms with Gasteiger partial charge in [0.05, 0.1) is 21.3 Å². The summed E-state index contributed by atoms with van der Waals surface area (Å²) in [6.07, 6.45) is 0. The van der Waals surface area contributed by atoms with Crippen molar-refractivity contribution in [1.82, 2.24) is 4.72 Å². The topological polar surface area (TPSA) is 102 Å². The zero-order valence-corrected chi connectivity index (χ0v) is 17.4. The highest BCUT2D eigenvalue weighted by atomic mass is 32.2. The van der Waals surface area contributed by atoms with Gasteiger partial charge in [0.2, 0.25) is 0 Å². The molecule has 1 unspecified atom stereocenters. The van der Waals surface area contributed by atoms with E-state index in [4.69, 9.17) is 0 Å². The van der Waals surface area contributed by atoms with Crippen LogP contribution in [-0.4, -0.2) is 24.7 Å². The fraction of sp³-hybridized carbons (Fsp3) is 0.588. The minimum atomic E-state index is -1.55. The summed E-state index contributed by atoms with van der Waals surface area (Å²) in [5, 5.41) is 20.3. The normalized spacial score (nSPS) is 15.8. The second-order valence-corrected chi connectivity index (χ2v) is 11.2. The molecule has 0 radical (unpaired) electrons. The molecule has 6 nitrogen and oxygen atoms in total. The van der Waals surface area contributed by atoms with Crippen LogP contribution in [0.5, 0.6) is 0 Å². The fourth-order valence-electron chi connectivity index (χ4n) is 1.93. The Hall–Kier alpha value is -1.34. The van der Waals surface area contributed by atoms with Crippen LogP contribution in [0.1, 0.15) is 47.1 Å². The quantitative estimate of drug-likeness (QED) is 0.420. The lowest BCUT2D eigenvalue weighted by Crippen LogP contribution is -2.52. The summed E-state index contributed by atoms with van der Waals surface area (Å²) in [7, 11) is 0. The number of rotatable bonds is 7. The van der Waals surface area contributed by atoms with E-state index in [1.807, 2.05) is 0 Å². The summed E-state index contributed by atoms with van der Waals surface area (Å²) in [4.78, 5) is 10.5. The maximum atomic E-state index is 14.5. The average molecular weight is 402 g/mol. The molecule has 0 amide bonds. The van der Waals surface area contributed by atoms with Crippen LogP contribution in [0.25, 0.3) is 0 Å². The monoisotopic (exact) mass is 401 g/mol. The summed E-state index contributed by atoms with van der Waals surface area (Å²) in [5.41, 5.74) is -1.38. The van der Waals surface area contributed by atoms with Gasteiger partial charge in [-0.1, -0.05) is 0 Å². The van der Waals surface area contributed by atoms with Gasteiger partial charge in [-0.2, -0.15) is 5.26 Å². The van der Waals surface area contributed by atoms with Gasteiger partial charge in [0.25, 0.3) is 5.69 Å². The number of non-ortho nitro benzene ring substituents is 1. The molecule has 0 aliphatic heterocycles. The van der Waals surface area contributed by atoms with Crippen LogP contribution < -0.4 is 4.72 Å². The number of thioether (sulfide) groups is 1. The Morgan fingerprint density at radius 2 is 1.88 bits per heavy atom. The third kappa shape index (κ3) is 5.84. The van der Waals surface area contributed by atoms with Crippen molar-refractivity contribution in [2.45, 2.75) is 56.6 Å². The molecule has 1 aromatic carbocycles. The Kier molecular flexibility index (Phi) is 7.10. The molecule has 2 atom stereocenters. The first kappa shape index (κ1) is 22.7. The highest BCUT2D eigenvalue weighted by Crippen LogP contribution is 2.36. The third-order valence-corrected chi connectivity index (χ3v) is 6.90. The highest BCUT2D eigenvalue weighted by Gasteiger charge is 2.40. The maximum Gasteiger partial charge on any atom is 0.269 e. The van der Waals surface area contributed by atoms with E-state index in [-0.39, 0.29) is 17.0 Å². The van der Waals surface area contributed by atoms with E-state index in [0.717, 1.165) is 18.2 Å². The molecule has 0 fully saturated rings. The van der Waals surface area contributed by atoms with Gasteiger partial charge < -0.3 is 4.55 Å². The van der Waals surface area contributed by atoms with Gasteiger partial charge in [-0.25, -0.2) is 4.39 Å². The van der Waals surface area contributed by atoms with Crippen molar-refractivity contribution in [2.75, 3.05) is 5.75 Å². The first-order valence-electron chi connectivity index (χ1n) is 7.91. The lowest BCUT2D eigenvalue weighted by Gasteiger charge is -2.36. The van der Waals surface area contributed by atoms with E-state index < -0.39 is 37.1 Å². The number of halogens is 1. The molecule has 0 bridgehead atoms. The number of nitriles is 1. The minimum absolute atomic E-state index is 0.0468. The van der Waals surface area contributed by atoms with E-state index in [0.29, 0.717) is 0 Å². The zero-order valence-electron chi connectivity index (χ0n) is 15.8. The summed E-state index contributed by atoms with van der Waals surface area (Å²) in [6, 6.07) is 5.43. The van der Waals surface area contributed by atoms with E-state index in [9.17, 15) is 24.3 Å². The molecule has 0 saturated heterocycles. The Morgan fingerprint density at radius 3 is 2.35 bits per heavy atom. The number of hydrogen-bond donors (Lipinski definition) is 1. The van der Waals surface area contributed by atoms with Crippen molar-refractivity contribution in [3.05, 3.63) is 39.7 Å². The van der Waals surface area contributed by atoms with Crippen LogP contribution in [-0.2, 0) is 16.9 Å².